The SMILES string of the molecule is CC(=O)c1cn(CCC(=O)Nc2ccc3c(c2)OCO3)c2ccccc12. The molecule has 0 aliphatic carbocycles. The van der Waals surface area contributed by atoms with Crippen LogP contribution in [0.2, 0.25) is 0 Å². The Bertz CT molecular complexity index is 1010. The van der Waals surface area contributed by atoms with E-state index in [4.69, 9.17) is 9.47 Å². The van der Waals surface area contributed by atoms with Gasteiger partial charge in [0.05, 0.1) is 0 Å². The van der Waals surface area contributed by atoms with Gasteiger partial charge in [-0.25, -0.2) is 0 Å². The zero-order valence-corrected chi connectivity index (χ0v) is 14.3. The maximum atomic E-state index is 12.3. The molecule has 0 bridgehead atoms. The van der Waals surface area contributed by atoms with Gasteiger partial charge in [-0.05, 0) is 25.1 Å². The quantitative estimate of drug-likeness (QED) is 0.714. The molecule has 26 heavy (non-hydrogen) atoms. The minimum Gasteiger partial charge on any atom is -0.454 e. The fourth-order valence-corrected chi connectivity index (χ4v) is 3.13. The number of anilines is 1. The number of fused-ring (bicyclic) bond motifs is 2. The van der Waals surface area contributed by atoms with E-state index in [2.05, 4.69) is 5.32 Å². The number of Topliss-reactive ketones (excluding diaryl/α,β-unsaturated/α-hetero) is 1. The third-order valence-electron chi connectivity index (χ3n) is 4.40. The summed E-state index contributed by atoms with van der Waals surface area (Å²) in [6.07, 6.45) is 2.12. The van der Waals surface area contributed by atoms with Crippen molar-refractivity contribution in [1.82, 2.24) is 4.57 Å². The highest BCUT2D eigenvalue weighted by Crippen LogP contribution is 2.34. The summed E-state index contributed by atoms with van der Waals surface area (Å²) in [4.78, 5) is 24.1. The molecule has 0 saturated heterocycles. The van der Waals surface area contributed by atoms with Gasteiger partial charge in [-0.15, -0.1) is 0 Å². The van der Waals surface area contributed by atoms with Gasteiger partial charge in [-0.3, -0.25) is 9.59 Å². The van der Waals surface area contributed by atoms with Crippen molar-refractivity contribution in [1.29, 1.82) is 0 Å². The Labute approximate surface area is 150 Å². The number of benzene rings is 2. The van der Waals surface area contributed by atoms with Gasteiger partial charge < -0.3 is 19.4 Å². The Morgan fingerprint density at radius 2 is 1.92 bits per heavy atom. The van der Waals surface area contributed by atoms with Crippen LogP contribution in [-0.2, 0) is 11.3 Å². The molecule has 0 saturated carbocycles. The van der Waals surface area contributed by atoms with Gasteiger partial charge >= 0.3 is 0 Å². The molecule has 1 aliphatic rings. The maximum Gasteiger partial charge on any atom is 0.231 e. The zero-order valence-electron chi connectivity index (χ0n) is 14.3. The van der Waals surface area contributed by atoms with Gasteiger partial charge in [0.2, 0.25) is 12.7 Å². The third-order valence-corrected chi connectivity index (χ3v) is 4.40. The van der Waals surface area contributed by atoms with E-state index in [9.17, 15) is 9.59 Å². The molecule has 0 spiro atoms. The summed E-state index contributed by atoms with van der Waals surface area (Å²) in [5, 5.41) is 3.78. The van der Waals surface area contributed by atoms with E-state index in [0.717, 1.165) is 10.9 Å². The predicted octanol–water partition coefficient (Wildman–Crippen LogP) is 3.60. The van der Waals surface area contributed by atoms with E-state index in [1.807, 2.05) is 35.0 Å². The highest BCUT2D eigenvalue weighted by Gasteiger charge is 2.15. The molecule has 0 radical (unpaired) electrons. The van der Waals surface area contributed by atoms with E-state index < -0.39 is 0 Å². The van der Waals surface area contributed by atoms with E-state index in [0.29, 0.717) is 35.7 Å². The second-order valence-electron chi connectivity index (χ2n) is 6.18. The standard InChI is InChI=1S/C20H18N2O4/c1-13(23)16-11-22(17-5-3-2-4-15(16)17)9-8-20(24)21-14-6-7-18-19(10-14)26-12-25-18/h2-7,10-11H,8-9,12H2,1H3,(H,21,24). The number of hydrogen-bond acceptors (Lipinski definition) is 4. The van der Waals surface area contributed by atoms with Crippen molar-refractivity contribution >= 4 is 28.3 Å². The molecule has 0 unspecified atom stereocenters. The Morgan fingerprint density at radius 1 is 1.12 bits per heavy atom. The van der Waals surface area contributed by atoms with Crippen molar-refractivity contribution in [2.24, 2.45) is 0 Å². The molecule has 6 nitrogen and oxygen atoms in total. The minimum absolute atomic E-state index is 0.0183. The number of carbonyl (C=O) groups excluding carboxylic acids is 2. The van der Waals surface area contributed by atoms with E-state index in [-0.39, 0.29) is 18.5 Å². The number of nitrogens with one attached hydrogen (secondary N) is 1. The Balaban J connectivity index is 1.46. The molecule has 3 aromatic rings. The minimum atomic E-state index is -0.106. The first-order chi connectivity index (χ1) is 12.6. The van der Waals surface area contributed by atoms with Gasteiger partial charge in [-0.1, -0.05) is 18.2 Å². The number of ketones is 1. The van der Waals surface area contributed by atoms with Crippen molar-refractivity contribution in [3.8, 4) is 11.5 Å². The highest BCUT2D eigenvalue weighted by molar-refractivity contribution is 6.07. The van der Waals surface area contributed by atoms with Crippen LogP contribution < -0.4 is 14.8 Å². The second kappa shape index (κ2) is 6.55. The number of aryl methyl sites for hydroxylation is 1. The van der Waals surface area contributed by atoms with E-state index >= 15 is 0 Å². The molecular formula is C20H18N2O4. The van der Waals surface area contributed by atoms with Gasteiger partial charge in [-0.2, -0.15) is 0 Å². The first-order valence-corrected chi connectivity index (χ1v) is 8.40. The van der Waals surface area contributed by atoms with Crippen molar-refractivity contribution in [2.75, 3.05) is 12.1 Å². The lowest BCUT2D eigenvalue weighted by Gasteiger charge is -2.08. The maximum absolute atomic E-state index is 12.3. The Kier molecular flexibility index (Phi) is 4.08. The summed E-state index contributed by atoms with van der Waals surface area (Å²) in [7, 11) is 0. The molecule has 1 amide bonds. The molecule has 0 fully saturated rings. The lowest BCUT2D eigenvalue weighted by atomic mass is 10.1. The van der Waals surface area contributed by atoms with Crippen molar-refractivity contribution in [2.45, 2.75) is 19.9 Å². The Hall–Kier alpha value is -3.28. The molecule has 132 valence electrons. The van der Waals surface area contributed by atoms with Crippen LogP contribution in [0.25, 0.3) is 10.9 Å². The van der Waals surface area contributed by atoms with Gasteiger partial charge in [0.25, 0.3) is 0 Å². The highest BCUT2D eigenvalue weighted by atomic mass is 16.7. The molecule has 2 aromatic carbocycles. The van der Waals surface area contributed by atoms with Crippen LogP contribution in [0.1, 0.15) is 23.7 Å². The fraction of sp³-hybridized carbons (Fsp3) is 0.200. The van der Waals surface area contributed by atoms with Crippen molar-refractivity contribution in [3.05, 3.63) is 54.2 Å². The normalized spacial score (nSPS) is 12.3. The largest absolute Gasteiger partial charge is 0.454 e. The van der Waals surface area contributed by atoms with Gasteiger partial charge in [0.15, 0.2) is 17.3 Å². The molecule has 1 N–H and O–H groups in total. The summed E-state index contributed by atoms with van der Waals surface area (Å²) in [6.45, 7) is 2.24. The molecule has 0 atom stereocenters. The van der Waals surface area contributed by atoms with Crippen LogP contribution in [-0.4, -0.2) is 23.1 Å². The van der Waals surface area contributed by atoms with Crippen LogP contribution in [0.4, 0.5) is 5.69 Å². The summed E-state index contributed by atoms with van der Waals surface area (Å²) in [6, 6.07) is 13.0. The molecule has 1 aromatic heterocycles. The van der Waals surface area contributed by atoms with E-state index in [1.54, 1.807) is 25.1 Å². The molecule has 1 aliphatic heterocycles. The molecule has 6 heteroatoms. The van der Waals surface area contributed by atoms with Crippen LogP contribution in [0.3, 0.4) is 0 Å². The first-order valence-electron chi connectivity index (χ1n) is 8.40. The molecular weight excluding hydrogens is 332 g/mol. The number of nitrogens with zero attached hydrogens (tertiary/aromatic N) is 1. The summed E-state index contributed by atoms with van der Waals surface area (Å²) >= 11 is 0. The first kappa shape index (κ1) is 16.2. The summed E-state index contributed by atoms with van der Waals surface area (Å²) < 4.78 is 12.5. The van der Waals surface area contributed by atoms with Crippen LogP contribution >= 0.6 is 0 Å². The number of amides is 1. The predicted molar refractivity (Wildman–Crippen MR) is 97.8 cm³/mol. The van der Waals surface area contributed by atoms with E-state index in [1.165, 1.54) is 0 Å². The average molecular weight is 350 g/mol. The van der Waals surface area contributed by atoms with Crippen LogP contribution in [0.15, 0.2) is 48.7 Å². The summed E-state index contributed by atoms with van der Waals surface area (Å²) in [5.74, 6) is 1.22. The second-order valence-corrected chi connectivity index (χ2v) is 6.18. The smallest absolute Gasteiger partial charge is 0.231 e. The van der Waals surface area contributed by atoms with Gasteiger partial charge in [0.1, 0.15) is 0 Å². The molecule has 4 rings (SSSR count). The lowest BCUT2D eigenvalue weighted by molar-refractivity contribution is -0.116. The third kappa shape index (κ3) is 3.01. The number of carbonyl (C=O) groups is 2. The number of aromatic nitrogens is 1. The number of ether oxygens (including phenoxy) is 2. The monoisotopic (exact) mass is 350 g/mol. The van der Waals surface area contributed by atoms with Gasteiger partial charge in [0, 0.05) is 47.4 Å². The average Bonchev–Trinajstić information content (AvgIpc) is 3.24. The fourth-order valence-electron chi connectivity index (χ4n) is 3.13. The summed E-state index contributed by atoms with van der Waals surface area (Å²) in [5.41, 5.74) is 2.30. The molecule has 2 heterocycles. The number of para-hydroxylation sites is 1. The number of rotatable bonds is 5. The number of hydrogen-bond donors (Lipinski definition) is 1. The zero-order chi connectivity index (χ0) is 18.1. The Morgan fingerprint density at radius 3 is 2.77 bits per heavy atom. The van der Waals surface area contributed by atoms with Crippen LogP contribution in [0.5, 0.6) is 11.5 Å². The topological polar surface area (TPSA) is 69.6 Å². The lowest BCUT2D eigenvalue weighted by Crippen LogP contribution is -2.14. The van der Waals surface area contributed by atoms with Crippen LogP contribution in [0, 0.1) is 0 Å². The van der Waals surface area contributed by atoms with Crippen molar-refractivity contribution in [3.63, 3.8) is 0 Å². The van der Waals surface area contributed by atoms with Crippen molar-refractivity contribution < 1.29 is 19.1 Å².